The van der Waals surface area contributed by atoms with Gasteiger partial charge in [-0.25, -0.2) is 4.98 Å². The molecule has 2 heterocycles. The van der Waals surface area contributed by atoms with Crippen LogP contribution in [-0.2, 0) is 4.79 Å². The third kappa shape index (κ3) is 4.64. The molecule has 0 bridgehead atoms. The van der Waals surface area contributed by atoms with E-state index in [0.717, 1.165) is 67.7 Å². The molecule has 0 amide bonds. The predicted octanol–water partition coefficient (Wildman–Crippen LogP) is 4.68. The number of esters is 1. The molecule has 2 aromatic carbocycles. The van der Waals surface area contributed by atoms with E-state index in [1.807, 2.05) is 22.6 Å². The maximum Gasteiger partial charge on any atom is 0.311 e. The number of unbranched alkanes of at least 4 members (excludes halogenated alkanes) is 2. The van der Waals surface area contributed by atoms with Crippen molar-refractivity contribution in [2.45, 2.75) is 46.5 Å². The third-order valence-electron chi connectivity index (χ3n) is 6.26. The highest BCUT2D eigenvalue weighted by molar-refractivity contribution is 6.07. The topological polar surface area (TPSA) is 75.9 Å². The summed E-state index contributed by atoms with van der Waals surface area (Å²) >= 11 is 0. The summed E-state index contributed by atoms with van der Waals surface area (Å²) in [7, 11) is 0. The van der Waals surface area contributed by atoms with E-state index in [1.54, 1.807) is 18.5 Å². The maximum absolute atomic E-state index is 13.6. The first kappa shape index (κ1) is 23.0. The highest BCUT2D eigenvalue weighted by Crippen LogP contribution is 2.30. The van der Waals surface area contributed by atoms with Gasteiger partial charge in [0, 0.05) is 25.2 Å². The zero-order valence-electron chi connectivity index (χ0n) is 19.7. The van der Waals surface area contributed by atoms with Gasteiger partial charge in [0.2, 0.25) is 0 Å². The molecule has 0 radical (unpaired) electrons. The van der Waals surface area contributed by atoms with E-state index in [2.05, 4.69) is 36.0 Å². The number of benzene rings is 2. The molecule has 1 N–H and O–H groups in total. The van der Waals surface area contributed by atoms with Crippen molar-refractivity contribution in [2.75, 3.05) is 31.5 Å². The fraction of sp³-hybridized carbons (Fsp3) is 0.423. The van der Waals surface area contributed by atoms with Crippen LogP contribution in [-0.4, -0.2) is 46.4 Å². The normalized spacial score (nSPS) is 11.8. The summed E-state index contributed by atoms with van der Waals surface area (Å²) in [6, 6.07) is 9.12. The number of rotatable bonds is 11. The molecule has 0 saturated carbocycles. The third-order valence-corrected chi connectivity index (χ3v) is 6.26. The lowest BCUT2D eigenvalue weighted by molar-refractivity contribution is -0.134. The van der Waals surface area contributed by atoms with E-state index in [9.17, 15) is 9.59 Å². The minimum absolute atomic E-state index is 0.0854. The highest BCUT2D eigenvalue weighted by atomic mass is 16.5. The number of hydrogen-bond acceptors (Lipinski definition) is 6. The van der Waals surface area contributed by atoms with E-state index < -0.39 is 0 Å². The Morgan fingerprint density at radius 3 is 2.70 bits per heavy atom. The van der Waals surface area contributed by atoms with Crippen molar-refractivity contribution in [2.24, 2.45) is 0 Å². The second-order valence-corrected chi connectivity index (χ2v) is 8.36. The van der Waals surface area contributed by atoms with Gasteiger partial charge >= 0.3 is 5.97 Å². The molecule has 0 unspecified atom stereocenters. The zero-order chi connectivity index (χ0) is 23.4. The average Bonchev–Trinajstić information content (AvgIpc) is 3.25. The van der Waals surface area contributed by atoms with Crippen LogP contribution in [0.15, 0.2) is 41.5 Å². The number of pyridine rings is 1. The SMILES string of the molecule is CCCCCC(=O)Oc1ccc2c(c1)c(=O)c1c(NCCN(CC)CC)ccc3ncn2c31. The number of carbonyl (C=O) groups is 1. The Morgan fingerprint density at radius 2 is 1.94 bits per heavy atom. The summed E-state index contributed by atoms with van der Waals surface area (Å²) in [5.41, 5.74) is 3.06. The first-order chi connectivity index (χ1) is 16.1. The van der Waals surface area contributed by atoms with E-state index >= 15 is 0 Å². The van der Waals surface area contributed by atoms with Crippen LogP contribution in [0.4, 0.5) is 5.69 Å². The highest BCUT2D eigenvalue weighted by Gasteiger charge is 2.17. The Bertz CT molecular complexity index is 1310. The molecular formula is C26H32N4O3. The van der Waals surface area contributed by atoms with Gasteiger partial charge in [0.05, 0.1) is 27.3 Å². The average molecular weight is 449 g/mol. The van der Waals surface area contributed by atoms with Crippen LogP contribution in [0.3, 0.4) is 0 Å². The van der Waals surface area contributed by atoms with Gasteiger partial charge in [0.25, 0.3) is 0 Å². The minimum atomic E-state index is -0.268. The smallest absolute Gasteiger partial charge is 0.311 e. The molecule has 7 nitrogen and oxygen atoms in total. The van der Waals surface area contributed by atoms with Crippen molar-refractivity contribution >= 4 is 39.0 Å². The number of likely N-dealkylation sites (N-methyl/N-ethyl adjacent to an activating group) is 1. The minimum Gasteiger partial charge on any atom is -0.427 e. The molecule has 0 fully saturated rings. The summed E-state index contributed by atoms with van der Waals surface area (Å²) < 4.78 is 7.48. The fourth-order valence-electron chi connectivity index (χ4n) is 4.36. The van der Waals surface area contributed by atoms with Crippen LogP contribution in [0.5, 0.6) is 5.75 Å². The molecular weight excluding hydrogens is 416 g/mol. The van der Waals surface area contributed by atoms with Crippen molar-refractivity contribution in [1.82, 2.24) is 14.3 Å². The number of nitrogens with zero attached hydrogens (tertiary/aromatic N) is 3. The number of imidazole rings is 1. The molecule has 174 valence electrons. The Balaban J connectivity index is 1.71. The van der Waals surface area contributed by atoms with Crippen LogP contribution in [0.2, 0.25) is 0 Å². The Morgan fingerprint density at radius 1 is 1.12 bits per heavy atom. The van der Waals surface area contributed by atoms with Gasteiger partial charge in [-0.15, -0.1) is 0 Å². The number of anilines is 1. The second kappa shape index (κ2) is 10.2. The number of fused-ring (bicyclic) bond motifs is 2. The molecule has 7 heteroatoms. The molecule has 0 saturated heterocycles. The summed E-state index contributed by atoms with van der Waals surface area (Å²) in [6.45, 7) is 10.00. The van der Waals surface area contributed by atoms with Gasteiger partial charge in [-0.1, -0.05) is 33.6 Å². The monoisotopic (exact) mass is 448 g/mol. The van der Waals surface area contributed by atoms with Gasteiger partial charge in [0.1, 0.15) is 12.1 Å². The zero-order valence-corrected chi connectivity index (χ0v) is 19.7. The van der Waals surface area contributed by atoms with Crippen LogP contribution in [0.25, 0.3) is 27.3 Å². The number of hydrogen-bond donors (Lipinski definition) is 1. The van der Waals surface area contributed by atoms with Gasteiger partial charge in [-0.05, 0) is 49.8 Å². The lowest BCUT2D eigenvalue weighted by Crippen LogP contribution is -2.28. The van der Waals surface area contributed by atoms with Crippen molar-refractivity contribution in [3.63, 3.8) is 0 Å². The molecule has 2 aromatic heterocycles. The molecule has 33 heavy (non-hydrogen) atoms. The standard InChI is InChI=1S/C26H32N4O3/c1-4-7-8-9-23(31)33-18-10-13-22-19(16-18)26(32)24-20(27-14-15-29(5-2)6-3)11-12-21-25(24)30(22)17-28-21/h10-13,16-17,27H,4-9,14-15H2,1-3H3. The van der Waals surface area contributed by atoms with E-state index in [-0.39, 0.29) is 11.4 Å². The molecule has 0 spiro atoms. The van der Waals surface area contributed by atoms with E-state index in [0.29, 0.717) is 22.9 Å². The van der Waals surface area contributed by atoms with Crippen molar-refractivity contribution < 1.29 is 9.53 Å². The van der Waals surface area contributed by atoms with Gasteiger partial charge in [-0.2, -0.15) is 0 Å². The molecule has 0 aliphatic carbocycles. The van der Waals surface area contributed by atoms with Crippen LogP contribution in [0, 0.1) is 0 Å². The Hall–Kier alpha value is -3.19. The summed E-state index contributed by atoms with van der Waals surface area (Å²) in [5, 5.41) is 4.58. The first-order valence-corrected chi connectivity index (χ1v) is 11.9. The molecule has 0 aliphatic rings. The maximum atomic E-state index is 13.6. The molecule has 0 aliphatic heterocycles. The van der Waals surface area contributed by atoms with Crippen LogP contribution in [0.1, 0.15) is 46.5 Å². The number of ether oxygens (including phenoxy) is 1. The van der Waals surface area contributed by atoms with Gasteiger partial charge in [-0.3, -0.25) is 14.0 Å². The van der Waals surface area contributed by atoms with Crippen molar-refractivity contribution in [3.05, 3.63) is 46.9 Å². The van der Waals surface area contributed by atoms with Gasteiger partial charge in [0.15, 0.2) is 5.43 Å². The van der Waals surface area contributed by atoms with Crippen molar-refractivity contribution in [3.8, 4) is 5.75 Å². The Labute approximate surface area is 193 Å². The van der Waals surface area contributed by atoms with Crippen LogP contribution < -0.4 is 15.5 Å². The Kier molecular flexibility index (Phi) is 7.08. The number of aromatic nitrogens is 2. The quantitative estimate of drug-likeness (QED) is 0.155. The van der Waals surface area contributed by atoms with Crippen molar-refractivity contribution in [1.29, 1.82) is 0 Å². The first-order valence-electron chi connectivity index (χ1n) is 11.9. The lowest BCUT2D eigenvalue weighted by Gasteiger charge is -2.19. The largest absolute Gasteiger partial charge is 0.427 e. The summed E-state index contributed by atoms with van der Waals surface area (Å²) in [4.78, 5) is 32.7. The summed E-state index contributed by atoms with van der Waals surface area (Å²) in [5.74, 6) is 0.131. The number of nitrogens with one attached hydrogen (secondary N) is 1. The van der Waals surface area contributed by atoms with E-state index in [1.165, 1.54) is 0 Å². The van der Waals surface area contributed by atoms with E-state index in [4.69, 9.17) is 4.74 Å². The lowest BCUT2D eigenvalue weighted by atomic mass is 10.1. The predicted molar refractivity (Wildman–Crippen MR) is 134 cm³/mol. The molecule has 4 rings (SSSR count). The molecule has 0 atom stereocenters. The van der Waals surface area contributed by atoms with Gasteiger partial charge < -0.3 is 15.0 Å². The second-order valence-electron chi connectivity index (χ2n) is 8.36. The summed E-state index contributed by atoms with van der Waals surface area (Å²) in [6.07, 6.45) is 4.97. The fourth-order valence-corrected chi connectivity index (χ4v) is 4.36. The number of carbonyl (C=O) groups excluding carboxylic acids is 1. The molecule has 4 aromatic rings. The van der Waals surface area contributed by atoms with Crippen LogP contribution >= 0.6 is 0 Å².